The molecule has 0 bridgehead atoms. The van der Waals surface area contributed by atoms with Gasteiger partial charge in [0.25, 0.3) is 0 Å². The lowest BCUT2D eigenvalue weighted by molar-refractivity contribution is -0.136. The number of benzene rings is 1. The van der Waals surface area contributed by atoms with E-state index in [2.05, 4.69) is 10.2 Å². The number of nitrogens with zero attached hydrogens (tertiary/aromatic N) is 2. The Hall–Kier alpha value is -2.28. The predicted octanol–water partition coefficient (Wildman–Crippen LogP) is 1.44. The second-order valence-corrected chi connectivity index (χ2v) is 6.37. The summed E-state index contributed by atoms with van der Waals surface area (Å²) >= 11 is 0. The van der Waals surface area contributed by atoms with Crippen LogP contribution >= 0.6 is 0 Å². The zero-order valence-corrected chi connectivity index (χ0v) is 15.4. The molecule has 2 amide bonds. The second-order valence-electron chi connectivity index (χ2n) is 6.37. The average Bonchev–Trinajstić information content (AvgIpc) is 2.61. The number of anilines is 1. The molecule has 1 saturated heterocycles. The Balaban J connectivity index is 1.86. The van der Waals surface area contributed by atoms with E-state index < -0.39 is 0 Å². The molecule has 1 heterocycles. The molecular formula is C18H27N3O4. The van der Waals surface area contributed by atoms with E-state index in [1.807, 2.05) is 18.7 Å². The molecule has 1 N–H and O–H groups in total. The van der Waals surface area contributed by atoms with Crippen LogP contribution in [0, 0.1) is 5.92 Å². The molecule has 1 aliphatic rings. The van der Waals surface area contributed by atoms with Crippen LogP contribution in [-0.2, 0) is 9.59 Å². The van der Waals surface area contributed by atoms with Crippen LogP contribution in [0.2, 0.25) is 0 Å². The normalized spacial score (nSPS) is 15.2. The van der Waals surface area contributed by atoms with Gasteiger partial charge in [0.05, 0.1) is 26.5 Å². The molecule has 0 atom stereocenters. The van der Waals surface area contributed by atoms with Gasteiger partial charge in [-0.3, -0.25) is 14.5 Å². The summed E-state index contributed by atoms with van der Waals surface area (Å²) < 4.78 is 10.4. The maximum absolute atomic E-state index is 12.3. The van der Waals surface area contributed by atoms with Crippen molar-refractivity contribution in [3.63, 3.8) is 0 Å². The van der Waals surface area contributed by atoms with Crippen LogP contribution in [0.3, 0.4) is 0 Å². The summed E-state index contributed by atoms with van der Waals surface area (Å²) in [5, 5.41) is 2.87. The van der Waals surface area contributed by atoms with Crippen molar-refractivity contribution in [2.24, 2.45) is 5.92 Å². The number of piperazine rings is 1. The van der Waals surface area contributed by atoms with Gasteiger partial charge in [-0.05, 0) is 12.1 Å². The summed E-state index contributed by atoms with van der Waals surface area (Å²) in [6.45, 7) is 6.83. The number of amides is 2. The van der Waals surface area contributed by atoms with E-state index in [0.717, 1.165) is 0 Å². The van der Waals surface area contributed by atoms with Gasteiger partial charge in [-0.1, -0.05) is 13.8 Å². The van der Waals surface area contributed by atoms with E-state index in [0.29, 0.717) is 49.9 Å². The molecule has 1 aromatic carbocycles. The van der Waals surface area contributed by atoms with Crippen LogP contribution < -0.4 is 14.8 Å². The zero-order valence-electron chi connectivity index (χ0n) is 15.4. The number of carbonyl (C=O) groups is 2. The minimum Gasteiger partial charge on any atom is -0.497 e. The third kappa shape index (κ3) is 5.09. The largest absolute Gasteiger partial charge is 0.497 e. The van der Waals surface area contributed by atoms with Crippen LogP contribution in [0.4, 0.5) is 5.69 Å². The summed E-state index contributed by atoms with van der Waals surface area (Å²) in [5.41, 5.74) is 0.613. The van der Waals surface area contributed by atoms with Crippen molar-refractivity contribution < 1.29 is 19.1 Å². The third-order valence-electron chi connectivity index (χ3n) is 4.23. The highest BCUT2D eigenvalue weighted by Crippen LogP contribution is 2.28. The van der Waals surface area contributed by atoms with Crippen LogP contribution in [0.1, 0.15) is 13.8 Å². The lowest BCUT2D eigenvalue weighted by atomic mass is 10.1. The van der Waals surface area contributed by atoms with E-state index in [1.54, 1.807) is 32.4 Å². The number of hydrogen-bond donors (Lipinski definition) is 1. The number of carbonyl (C=O) groups excluding carboxylic acids is 2. The molecule has 0 unspecified atom stereocenters. The molecule has 0 saturated carbocycles. The van der Waals surface area contributed by atoms with E-state index >= 15 is 0 Å². The number of nitrogens with one attached hydrogen (secondary N) is 1. The molecule has 138 valence electrons. The highest BCUT2D eigenvalue weighted by molar-refractivity contribution is 5.93. The number of rotatable bonds is 6. The van der Waals surface area contributed by atoms with Crippen molar-refractivity contribution >= 4 is 17.5 Å². The molecule has 7 heteroatoms. The minimum atomic E-state index is -0.105. The average molecular weight is 349 g/mol. The topological polar surface area (TPSA) is 71.1 Å². The first-order chi connectivity index (χ1) is 11.9. The molecule has 0 aliphatic carbocycles. The highest BCUT2D eigenvalue weighted by Gasteiger charge is 2.24. The predicted molar refractivity (Wildman–Crippen MR) is 96.0 cm³/mol. The molecule has 2 rings (SSSR count). The summed E-state index contributed by atoms with van der Waals surface area (Å²) in [4.78, 5) is 28.2. The van der Waals surface area contributed by atoms with Crippen LogP contribution in [0.15, 0.2) is 18.2 Å². The molecule has 0 aromatic heterocycles. The fraction of sp³-hybridized carbons (Fsp3) is 0.556. The molecule has 25 heavy (non-hydrogen) atoms. The Labute approximate surface area is 148 Å². The fourth-order valence-corrected chi connectivity index (χ4v) is 2.79. The third-order valence-corrected chi connectivity index (χ3v) is 4.23. The number of methoxy groups -OCH3 is 2. The van der Waals surface area contributed by atoms with Gasteiger partial charge >= 0.3 is 0 Å². The Morgan fingerprint density at radius 1 is 1.12 bits per heavy atom. The van der Waals surface area contributed by atoms with Crippen molar-refractivity contribution in [2.75, 3.05) is 52.3 Å². The first kappa shape index (κ1) is 19.1. The van der Waals surface area contributed by atoms with Crippen molar-refractivity contribution in [3.05, 3.63) is 18.2 Å². The summed E-state index contributed by atoms with van der Waals surface area (Å²) in [6, 6.07) is 5.26. The second kappa shape index (κ2) is 8.71. The maximum Gasteiger partial charge on any atom is 0.238 e. The molecule has 7 nitrogen and oxygen atoms in total. The van der Waals surface area contributed by atoms with Gasteiger partial charge in [-0.2, -0.15) is 0 Å². The Bertz CT molecular complexity index is 610. The quantitative estimate of drug-likeness (QED) is 0.842. The Kier molecular flexibility index (Phi) is 6.64. The molecule has 1 fully saturated rings. The van der Waals surface area contributed by atoms with Crippen molar-refractivity contribution in [2.45, 2.75) is 13.8 Å². The summed E-state index contributed by atoms with van der Waals surface area (Å²) in [7, 11) is 3.13. The van der Waals surface area contributed by atoms with Crippen molar-refractivity contribution in [3.8, 4) is 11.5 Å². The fourth-order valence-electron chi connectivity index (χ4n) is 2.79. The Morgan fingerprint density at radius 2 is 1.80 bits per heavy atom. The van der Waals surface area contributed by atoms with Crippen LogP contribution in [0.25, 0.3) is 0 Å². The van der Waals surface area contributed by atoms with Crippen molar-refractivity contribution in [1.82, 2.24) is 9.80 Å². The van der Waals surface area contributed by atoms with Gasteiger partial charge in [-0.25, -0.2) is 0 Å². The van der Waals surface area contributed by atoms with E-state index in [4.69, 9.17) is 9.47 Å². The van der Waals surface area contributed by atoms with Gasteiger partial charge in [0.2, 0.25) is 11.8 Å². The molecule has 1 aromatic rings. The lowest BCUT2D eigenvalue weighted by Gasteiger charge is -2.35. The van der Waals surface area contributed by atoms with E-state index in [-0.39, 0.29) is 17.7 Å². The van der Waals surface area contributed by atoms with Gasteiger partial charge in [-0.15, -0.1) is 0 Å². The van der Waals surface area contributed by atoms with Gasteiger partial charge in [0, 0.05) is 38.2 Å². The molecular weight excluding hydrogens is 322 g/mol. The van der Waals surface area contributed by atoms with Gasteiger partial charge in [0.15, 0.2) is 0 Å². The van der Waals surface area contributed by atoms with Crippen LogP contribution in [0.5, 0.6) is 11.5 Å². The first-order valence-electron chi connectivity index (χ1n) is 8.47. The summed E-state index contributed by atoms with van der Waals surface area (Å²) in [5.74, 6) is 1.30. The van der Waals surface area contributed by atoms with E-state index in [9.17, 15) is 9.59 Å². The van der Waals surface area contributed by atoms with Gasteiger partial charge in [0.1, 0.15) is 11.5 Å². The van der Waals surface area contributed by atoms with Gasteiger partial charge < -0.3 is 19.7 Å². The Morgan fingerprint density at radius 3 is 2.36 bits per heavy atom. The minimum absolute atomic E-state index is 0.0115. The van der Waals surface area contributed by atoms with E-state index in [1.165, 1.54) is 0 Å². The summed E-state index contributed by atoms with van der Waals surface area (Å²) in [6.07, 6.45) is 0. The lowest BCUT2D eigenvalue weighted by Crippen LogP contribution is -2.51. The molecule has 1 aliphatic heterocycles. The smallest absolute Gasteiger partial charge is 0.238 e. The number of ether oxygens (including phenoxy) is 2. The zero-order chi connectivity index (χ0) is 18.4. The maximum atomic E-state index is 12.3. The monoisotopic (exact) mass is 349 g/mol. The standard InChI is InChI=1S/C18H27N3O4/c1-13(2)18(23)21-9-7-20(8-10-21)12-17(22)19-15-6-5-14(24-3)11-16(15)25-4/h5-6,11,13H,7-10,12H2,1-4H3,(H,19,22). The SMILES string of the molecule is COc1ccc(NC(=O)CN2CCN(C(=O)C(C)C)CC2)c(OC)c1. The molecule has 0 radical (unpaired) electrons. The first-order valence-corrected chi connectivity index (χ1v) is 8.47. The van der Waals surface area contributed by atoms with Crippen molar-refractivity contribution in [1.29, 1.82) is 0 Å². The van der Waals surface area contributed by atoms with Crippen LogP contribution in [-0.4, -0.2) is 68.6 Å². The molecule has 0 spiro atoms. The highest BCUT2D eigenvalue weighted by atomic mass is 16.5. The number of hydrogen-bond acceptors (Lipinski definition) is 5.